The summed E-state index contributed by atoms with van der Waals surface area (Å²) >= 11 is 11.9. The Morgan fingerprint density at radius 2 is 1.61 bits per heavy atom. The van der Waals surface area contributed by atoms with E-state index >= 15 is 0 Å². The van der Waals surface area contributed by atoms with Crippen LogP contribution in [0.15, 0.2) is 114 Å². The molecule has 1 aliphatic heterocycles. The number of ether oxygens (including phenoxy) is 1. The molecular formula is C30H21Cl2N3O3. The average molecular weight is 542 g/mol. The molecule has 4 aromatic rings. The predicted octanol–water partition coefficient (Wildman–Crippen LogP) is 6.85. The molecule has 0 aliphatic carbocycles. The van der Waals surface area contributed by atoms with Gasteiger partial charge in [-0.15, -0.1) is 0 Å². The number of rotatable bonds is 7. The van der Waals surface area contributed by atoms with Crippen molar-refractivity contribution in [3.05, 3.63) is 130 Å². The van der Waals surface area contributed by atoms with Crippen LogP contribution in [-0.4, -0.2) is 24.1 Å². The van der Waals surface area contributed by atoms with Gasteiger partial charge in [-0.2, -0.15) is 10.1 Å². The first-order chi connectivity index (χ1) is 18.5. The number of para-hydroxylation sites is 1. The van der Waals surface area contributed by atoms with E-state index in [0.717, 1.165) is 11.1 Å². The monoisotopic (exact) mass is 541 g/mol. The van der Waals surface area contributed by atoms with E-state index in [1.807, 2.05) is 66.7 Å². The van der Waals surface area contributed by atoms with Crippen molar-refractivity contribution in [3.63, 3.8) is 0 Å². The Labute approximate surface area is 229 Å². The zero-order valence-corrected chi connectivity index (χ0v) is 21.5. The molecular weight excluding hydrogens is 521 g/mol. The summed E-state index contributed by atoms with van der Waals surface area (Å²) in [5.41, 5.74) is 3.79. The molecule has 0 spiro atoms. The SMILES string of the molecule is O=C(COc1cccc(/C=C2\C(=O)N(c3ccccc3)N=C2c2ccccc2)c1)Nc1ccc(Cl)c(Cl)c1. The lowest BCUT2D eigenvalue weighted by atomic mass is 10.00. The van der Waals surface area contributed by atoms with Crippen LogP contribution in [0.5, 0.6) is 5.75 Å². The van der Waals surface area contributed by atoms with Crippen molar-refractivity contribution in [2.45, 2.75) is 0 Å². The van der Waals surface area contributed by atoms with E-state index in [9.17, 15) is 9.59 Å². The largest absolute Gasteiger partial charge is 0.484 e. The standard InChI is InChI=1S/C30H21Cl2N3O3/c31-26-15-14-22(18-27(26)32)33-28(36)19-38-24-13-7-8-20(16-24)17-25-29(21-9-3-1-4-10-21)34-35(30(25)37)23-11-5-2-6-12-23/h1-18H,19H2,(H,33,36)/b25-17-. The summed E-state index contributed by atoms with van der Waals surface area (Å²) in [7, 11) is 0. The molecule has 0 radical (unpaired) electrons. The van der Waals surface area contributed by atoms with Gasteiger partial charge in [0, 0.05) is 11.3 Å². The first-order valence-corrected chi connectivity index (χ1v) is 12.5. The Hall–Kier alpha value is -4.39. The Kier molecular flexibility index (Phi) is 7.54. The third kappa shape index (κ3) is 5.78. The van der Waals surface area contributed by atoms with Crippen LogP contribution in [0.2, 0.25) is 10.0 Å². The fourth-order valence-corrected chi connectivity index (χ4v) is 4.18. The molecule has 2 amide bonds. The van der Waals surface area contributed by atoms with Crippen LogP contribution in [0, 0.1) is 0 Å². The minimum atomic E-state index is -0.352. The first-order valence-electron chi connectivity index (χ1n) is 11.7. The van der Waals surface area contributed by atoms with Crippen LogP contribution in [-0.2, 0) is 9.59 Å². The van der Waals surface area contributed by atoms with Crippen LogP contribution < -0.4 is 15.1 Å². The van der Waals surface area contributed by atoms with Gasteiger partial charge in [0.2, 0.25) is 0 Å². The molecule has 6 nitrogen and oxygen atoms in total. The van der Waals surface area contributed by atoms with Crippen molar-refractivity contribution in [2.24, 2.45) is 5.10 Å². The summed E-state index contributed by atoms with van der Waals surface area (Å²) in [6.45, 7) is -0.211. The molecule has 0 saturated heterocycles. The maximum atomic E-state index is 13.5. The van der Waals surface area contributed by atoms with Crippen LogP contribution in [0.1, 0.15) is 11.1 Å². The Morgan fingerprint density at radius 1 is 0.868 bits per heavy atom. The lowest BCUT2D eigenvalue weighted by molar-refractivity contribution is -0.118. The normalized spacial score (nSPS) is 13.9. The second-order valence-corrected chi connectivity index (χ2v) is 9.18. The van der Waals surface area contributed by atoms with Gasteiger partial charge in [0.1, 0.15) is 11.5 Å². The third-order valence-corrected chi connectivity index (χ3v) is 6.41. The third-order valence-electron chi connectivity index (χ3n) is 5.67. The van der Waals surface area contributed by atoms with Gasteiger partial charge in [0.15, 0.2) is 6.61 Å². The molecule has 0 unspecified atom stereocenters. The zero-order valence-electron chi connectivity index (χ0n) is 20.0. The minimum Gasteiger partial charge on any atom is -0.484 e. The molecule has 1 heterocycles. The van der Waals surface area contributed by atoms with Gasteiger partial charge in [-0.1, -0.05) is 83.9 Å². The van der Waals surface area contributed by atoms with Crippen molar-refractivity contribution in [3.8, 4) is 5.75 Å². The maximum absolute atomic E-state index is 13.5. The minimum absolute atomic E-state index is 0.211. The number of carbonyl (C=O) groups excluding carboxylic acids is 2. The molecule has 0 aromatic heterocycles. The maximum Gasteiger partial charge on any atom is 0.281 e. The average Bonchev–Trinajstić information content (AvgIpc) is 3.26. The molecule has 0 atom stereocenters. The van der Waals surface area contributed by atoms with E-state index in [0.29, 0.717) is 38.5 Å². The summed E-state index contributed by atoms with van der Waals surface area (Å²) in [5, 5.41) is 9.52. The van der Waals surface area contributed by atoms with E-state index in [2.05, 4.69) is 10.4 Å². The highest BCUT2D eigenvalue weighted by molar-refractivity contribution is 6.42. The van der Waals surface area contributed by atoms with Crippen molar-refractivity contribution >= 4 is 58.2 Å². The highest BCUT2D eigenvalue weighted by atomic mass is 35.5. The smallest absolute Gasteiger partial charge is 0.281 e. The van der Waals surface area contributed by atoms with Gasteiger partial charge < -0.3 is 10.1 Å². The number of anilines is 2. The molecule has 188 valence electrons. The molecule has 1 aliphatic rings. The van der Waals surface area contributed by atoms with E-state index in [-0.39, 0.29) is 18.4 Å². The van der Waals surface area contributed by atoms with Gasteiger partial charge in [-0.3, -0.25) is 9.59 Å². The molecule has 8 heteroatoms. The summed E-state index contributed by atoms with van der Waals surface area (Å²) in [5.74, 6) is -0.107. The molecule has 4 aromatic carbocycles. The topological polar surface area (TPSA) is 71.0 Å². The number of halogens is 2. The van der Waals surface area contributed by atoms with Gasteiger partial charge in [-0.25, -0.2) is 0 Å². The van der Waals surface area contributed by atoms with Crippen molar-refractivity contribution in [2.75, 3.05) is 16.9 Å². The Bertz CT molecular complexity index is 1550. The number of hydrogen-bond acceptors (Lipinski definition) is 4. The molecule has 0 bridgehead atoms. The lowest BCUT2D eigenvalue weighted by Crippen LogP contribution is -2.21. The fraction of sp³-hybridized carbons (Fsp3) is 0.0333. The number of hydrogen-bond donors (Lipinski definition) is 1. The summed E-state index contributed by atoms with van der Waals surface area (Å²) in [6, 6.07) is 30.8. The number of carbonyl (C=O) groups is 2. The second-order valence-electron chi connectivity index (χ2n) is 8.36. The number of hydrazone groups is 1. The molecule has 0 saturated carbocycles. The predicted molar refractivity (Wildman–Crippen MR) is 152 cm³/mol. The van der Waals surface area contributed by atoms with E-state index < -0.39 is 0 Å². The Morgan fingerprint density at radius 3 is 2.34 bits per heavy atom. The highest BCUT2D eigenvalue weighted by Crippen LogP contribution is 2.28. The van der Waals surface area contributed by atoms with Crippen molar-refractivity contribution in [1.29, 1.82) is 0 Å². The van der Waals surface area contributed by atoms with Crippen LogP contribution in [0.4, 0.5) is 11.4 Å². The number of benzene rings is 4. The number of nitrogens with one attached hydrogen (secondary N) is 1. The summed E-state index contributed by atoms with van der Waals surface area (Å²) in [4.78, 5) is 25.8. The van der Waals surface area contributed by atoms with Crippen molar-refractivity contribution in [1.82, 2.24) is 0 Å². The fourth-order valence-electron chi connectivity index (χ4n) is 3.88. The molecule has 1 N–H and O–H groups in total. The number of nitrogens with zero attached hydrogens (tertiary/aromatic N) is 2. The highest BCUT2D eigenvalue weighted by Gasteiger charge is 2.31. The van der Waals surface area contributed by atoms with Gasteiger partial charge >= 0.3 is 0 Å². The Balaban J connectivity index is 1.35. The van der Waals surface area contributed by atoms with Gasteiger partial charge in [0.05, 0.1) is 21.3 Å². The van der Waals surface area contributed by atoms with E-state index in [4.69, 9.17) is 27.9 Å². The molecule has 38 heavy (non-hydrogen) atoms. The van der Waals surface area contributed by atoms with Crippen LogP contribution >= 0.6 is 23.2 Å². The molecule has 5 rings (SSSR count). The van der Waals surface area contributed by atoms with Crippen LogP contribution in [0.25, 0.3) is 6.08 Å². The van der Waals surface area contributed by atoms with Gasteiger partial charge in [0.25, 0.3) is 11.8 Å². The van der Waals surface area contributed by atoms with Crippen molar-refractivity contribution < 1.29 is 14.3 Å². The lowest BCUT2D eigenvalue weighted by Gasteiger charge is -2.11. The quantitative estimate of drug-likeness (QED) is 0.260. The summed E-state index contributed by atoms with van der Waals surface area (Å²) < 4.78 is 5.70. The van der Waals surface area contributed by atoms with E-state index in [1.54, 1.807) is 42.5 Å². The zero-order chi connectivity index (χ0) is 26.5. The first kappa shape index (κ1) is 25.3. The van der Waals surface area contributed by atoms with Gasteiger partial charge in [-0.05, 0) is 54.1 Å². The molecule has 0 fully saturated rings. The second kappa shape index (κ2) is 11.3. The summed E-state index contributed by atoms with van der Waals surface area (Å²) in [6.07, 6.45) is 1.78. The van der Waals surface area contributed by atoms with Crippen LogP contribution in [0.3, 0.4) is 0 Å². The number of amides is 2. The van der Waals surface area contributed by atoms with E-state index in [1.165, 1.54) is 5.01 Å².